The lowest BCUT2D eigenvalue weighted by Crippen LogP contribution is -2.69. The summed E-state index contributed by atoms with van der Waals surface area (Å²) in [7, 11) is 0. The summed E-state index contributed by atoms with van der Waals surface area (Å²) in [4.78, 5) is 22.9. The lowest BCUT2D eigenvalue weighted by molar-refractivity contribution is -0.689. The number of carbonyl (C=O) groups excluding carboxylic acids is 1. The molecule has 0 aliphatic heterocycles. The fourth-order valence-corrected chi connectivity index (χ4v) is 8.56. The van der Waals surface area contributed by atoms with E-state index in [1.165, 1.54) is 29.8 Å². The summed E-state index contributed by atoms with van der Waals surface area (Å²) in [5.74, 6) is 3.75. The molecule has 158 valence electrons. The van der Waals surface area contributed by atoms with Crippen molar-refractivity contribution < 1.29 is 14.1 Å². The number of hydrogen-bond acceptors (Lipinski definition) is 6. The van der Waals surface area contributed by atoms with Crippen molar-refractivity contribution >= 4 is 23.1 Å². The largest absolute Gasteiger partial charge is 0.465 e. The molecule has 4 aliphatic rings. The molecule has 6 rings (SSSR count). The molecule has 2 bridgehead atoms. The van der Waals surface area contributed by atoms with Crippen LogP contribution in [0, 0.1) is 42.4 Å². The van der Waals surface area contributed by atoms with Gasteiger partial charge in [0.15, 0.2) is 12.2 Å². The van der Waals surface area contributed by atoms with Crippen molar-refractivity contribution in [3.8, 4) is 0 Å². The van der Waals surface area contributed by atoms with Gasteiger partial charge >= 0.3 is 5.97 Å². The maximum Gasteiger partial charge on any atom is 0.312 e. The Morgan fingerprint density at radius 2 is 2.17 bits per heavy atom. The van der Waals surface area contributed by atoms with Gasteiger partial charge in [0, 0.05) is 19.5 Å². The number of aromatic nitrogens is 3. The summed E-state index contributed by atoms with van der Waals surface area (Å²) in [5, 5.41) is 0. The number of fused-ring (bicyclic) bond motifs is 1. The highest BCUT2D eigenvalue weighted by molar-refractivity contribution is 7.09. The molecule has 0 saturated heterocycles. The summed E-state index contributed by atoms with van der Waals surface area (Å²) >= 11 is 1.71. The number of esters is 1. The van der Waals surface area contributed by atoms with Gasteiger partial charge in [-0.1, -0.05) is 11.3 Å². The summed E-state index contributed by atoms with van der Waals surface area (Å²) in [6, 6.07) is 0. The first kappa shape index (κ1) is 18.7. The fraction of sp³-hybridized carbons (Fsp3) is 0.652. The molecule has 5 atom stereocenters. The predicted octanol–water partition coefficient (Wildman–Crippen LogP) is 2.98. The molecule has 2 heterocycles. The van der Waals surface area contributed by atoms with Crippen LogP contribution in [0.15, 0.2) is 11.7 Å². The molecule has 4 fully saturated rings. The molecule has 2 N–H and O–H groups in total. The average Bonchev–Trinajstić information content (AvgIpc) is 3.31. The van der Waals surface area contributed by atoms with Gasteiger partial charge in [-0.2, -0.15) is 4.57 Å². The van der Waals surface area contributed by atoms with Gasteiger partial charge in [0.1, 0.15) is 11.6 Å². The van der Waals surface area contributed by atoms with E-state index in [-0.39, 0.29) is 11.4 Å². The Labute approximate surface area is 180 Å². The highest BCUT2D eigenvalue weighted by Crippen LogP contribution is 2.86. The molecular formula is C23H29N4O2S+. The van der Waals surface area contributed by atoms with E-state index in [1.807, 2.05) is 6.92 Å². The third-order valence-corrected chi connectivity index (χ3v) is 10.0. The Bertz CT molecular complexity index is 1050. The van der Waals surface area contributed by atoms with Crippen LogP contribution in [0.4, 0.5) is 5.82 Å². The number of carbonyl (C=O) groups is 1. The number of anilines is 1. The fourth-order valence-electron chi connectivity index (χ4n) is 7.58. The first-order chi connectivity index (χ1) is 14.4. The van der Waals surface area contributed by atoms with Gasteiger partial charge in [-0.25, -0.2) is 9.97 Å². The van der Waals surface area contributed by atoms with Crippen molar-refractivity contribution in [2.75, 3.05) is 12.3 Å². The van der Waals surface area contributed by atoms with Crippen LogP contribution >= 0.6 is 11.3 Å². The standard InChI is InChI=1S/C23H29N4O2S/c1-13-19(30-12-27(13)11-16-10-25-14(2)26-20(16)24)3-4-29-21(28)22-7-15-5-17-6-18(9-22)23(17,22)8-15/h10,12,15,17-18H,3-9,11H2,1-2H3,(H2,24,25,26)/q+1. The second-order valence-electron chi connectivity index (χ2n) is 10.0. The topological polar surface area (TPSA) is 82.0 Å². The highest BCUT2D eigenvalue weighted by Gasteiger charge is 2.83. The molecule has 0 amide bonds. The smallest absolute Gasteiger partial charge is 0.312 e. The summed E-state index contributed by atoms with van der Waals surface area (Å²) in [6.07, 6.45) is 8.80. The second kappa shape index (κ2) is 6.25. The van der Waals surface area contributed by atoms with Crippen LogP contribution in [0.2, 0.25) is 0 Å². The monoisotopic (exact) mass is 425 g/mol. The van der Waals surface area contributed by atoms with Crippen LogP contribution in [-0.2, 0) is 22.5 Å². The van der Waals surface area contributed by atoms with Crippen LogP contribution < -0.4 is 10.3 Å². The molecule has 6 nitrogen and oxygen atoms in total. The molecule has 4 aliphatic carbocycles. The van der Waals surface area contributed by atoms with Crippen LogP contribution in [-0.4, -0.2) is 22.5 Å². The van der Waals surface area contributed by atoms with Gasteiger partial charge < -0.3 is 10.5 Å². The van der Waals surface area contributed by atoms with Crippen molar-refractivity contribution in [2.24, 2.45) is 28.6 Å². The first-order valence-corrected chi connectivity index (χ1v) is 12.0. The minimum atomic E-state index is -0.114. The number of rotatable bonds is 6. The summed E-state index contributed by atoms with van der Waals surface area (Å²) in [5.41, 5.74) is 10.5. The molecule has 7 heteroatoms. The Balaban J connectivity index is 1.09. The first-order valence-electron chi connectivity index (χ1n) is 11.1. The van der Waals surface area contributed by atoms with Crippen molar-refractivity contribution in [3.05, 3.63) is 33.7 Å². The van der Waals surface area contributed by atoms with Gasteiger partial charge in [0.2, 0.25) is 5.51 Å². The van der Waals surface area contributed by atoms with E-state index < -0.39 is 0 Å². The molecule has 0 radical (unpaired) electrons. The van der Waals surface area contributed by atoms with E-state index in [0.717, 1.165) is 42.6 Å². The lowest BCUT2D eigenvalue weighted by atomic mass is 9.32. The molecule has 2 aromatic rings. The van der Waals surface area contributed by atoms with E-state index >= 15 is 0 Å². The van der Waals surface area contributed by atoms with Gasteiger partial charge in [-0.05, 0) is 62.2 Å². The molecular weight excluding hydrogens is 396 g/mol. The summed E-state index contributed by atoms with van der Waals surface area (Å²) < 4.78 is 8.08. The average molecular weight is 426 g/mol. The van der Waals surface area contributed by atoms with Gasteiger partial charge in [0.25, 0.3) is 0 Å². The Morgan fingerprint density at radius 3 is 2.93 bits per heavy atom. The van der Waals surface area contributed by atoms with E-state index in [2.05, 4.69) is 27.0 Å². The van der Waals surface area contributed by atoms with Crippen molar-refractivity contribution in [1.29, 1.82) is 0 Å². The highest BCUT2D eigenvalue weighted by atomic mass is 32.1. The number of ether oxygens (including phenoxy) is 1. The van der Waals surface area contributed by atoms with Gasteiger partial charge in [-0.15, -0.1) is 0 Å². The predicted molar refractivity (Wildman–Crippen MR) is 113 cm³/mol. The number of nitrogens with two attached hydrogens (primary N) is 1. The Morgan fingerprint density at radius 1 is 1.30 bits per heavy atom. The number of nitrogens with zero attached hydrogens (tertiary/aromatic N) is 3. The number of nitrogen functional groups attached to an aromatic ring is 1. The van der Waals surface area contributed by atoms with Gasteiger partial charge in [-0.3, -0.25) is 4.79 Å². The van der Waals surface area contributed by atoms with Crippen LogP contribution in [0.3, 0.4) is 0 Å². The molecule has 0 aromatic carbocycles. The lowest BCUT2D eigenvalue weighted by Gasteiger charge is -2.71. The Hall–Kier alpha value is -2.02. The quantitative estimate of drug-likeness (QED) is 0.568. The third-order valence-electron chi connectivity index (χ3n) is 8.86. The van der Waals surface area contributed by atoms with Crippen LogP contribution in [0.5, 0.6) is 0 Å². The second-order valence-corrected chi connectivity index (χ2v) is 11.0. The molecule has 5 unspecified atom stereocenters. The maximum absolute atomic E-state index is 13.1. The van der Waals surface area contributed by atoms with E-state index in [1.54, 1.807) is 17.5 Å². The number of hydrogen-bond donors (Lipinski definition) is 1. The van der Waals surface area contributed by atoms with E-state index in [0.29, 0.717) is 30.2 Å². The minimum absolute atomic E-state index is 0.109. The number of thiazole rings is 1. The van der Waals surface area contributed by atoms with Crippen LogP contribution in [0.1, 0.15) is 54.1 Å². The van der Waals surface area contributed by atoms with E-state index in [9.17, 15) is 4.79 Å². The molecule has 1 spiro atoms. The van der Waals surface area contributed by atoms with Crippen molar-refractivity contribution in [1.82, 2.24) is 9.97 Å². The summed E-state index contributed by atoms with van der Waals surface area (Å²) in [6.45, 7) is 5.09. The SMILES string of the molecule is Cc1ncc(C[n+]2csc(CCOC(=O)C34CC5CC6CC(C3)C64C5)c2C)c(N)n1. The van der Waals surface area contributed by atoms with Gasteiger partial charge in [0.05, 0.1) is 22.5 Å². The normalized spacial score (nSPS) is 34.9. The maximum atomic E-state index is 13.1. The third kappa shape index (κ3) is 2.30. The zero-order valence-electron chi connectivity index (χ0n) is 17.7. The molecule has 2 aromatic heterocycles. The van der Waals surface area contributed by atoms with E-state index in [4.69, 9.17) is 10.5 Å². The number of aryl methyl sites for hydroxylation is 1. The van der Waals surface area contributed by atoms with Crippen LogP contribution in [0.25, 0.3) is 0 Å². The Kier molecular flexibility index (Phi) is 3.90. The molecule has 4 saturated carbocycles. The van der Waals surface area contributed by atoms with Crippen molar-refractivity contribution in [3.63, 3.8) is 0 Å². The minimum Gasteiger partial charge on any atom is -0.465 e. The zero-order chi connectivity index (χ0) is 20.7. The molecule has 30 heavy (non-hydrogen) atoms. The zero-order valence-corrected chi connectivity index (χ0v) is 18.5. The van der Waals surface area contributed by atoms with Crippen molar-refractivity contribution in [2.45, 2.75) is 58.9 Å².